The molecule has 4 bridgehead atoms. The zero-order valence-corrected chi connectivity index (χ0v) is 13.2. The molecule has 5 heteroatoms. The molecule has 20 heavy (non-hydrogen) atoms. The number of methoxy groups -OCH3 is 1. The second kappa shape index (κ2) is 5.25. The molecule has 0 saturated heterocycles. The van der Waals surface area contributed by atoms with Crippen LogP contribution in [-0.2, 0) is 14.6 Å². The van der Waals surface area contributed by atoms with Crippen LogP contribution in [0.3, 0.4) is 0 Å². The Hall–Kier alpha value is -0.130. The molecule has 0 aromatic rings. The molecule has 0 amide bonds. The van der Waals surface area contributed by atoms with Crippen molar-refractivity contribution >= 4 is 9.84 Å². The first-order valence-corrected chi connectivity index (χ1v) is 9.69. The molecular formula is C15H27NO3S. The fraction of sp³-hybridized carbons (Fsp3) is 1.00. The molecule has 1 unspecified atom stereocenters. The van der Waals surface area contributed by atoms with Gasteiger partial charge in [-0.15, -0.1) is 0 Å². The summed E-state index contributed by atoms with van der Waals surface area (Å²) < 4.78 is 29.2. The fourth-order valence-electron chi connectivity index (χ4n) is 5.38. The summed E-state index contributed by atoms with van der Waals surface area (Å²) in [6.07, 6.45) is 7.59. The molecule has 4 rings (SSSR count). The zero-order valence-electron chi connectivity index (χ0n) is 12.4. The van der Waals surface area contributed by atoms with Gasteiger partial charge in [-0.2, -0.15) is 0 Å². The van der Waals surface area contributed by atoms with E-state index in [4.69, 9.17) is 10.5 Å². The van der Waals surface area contributed by atoms with E-state index in [1.165, 1.54) is 45.6 Å². The summed E-state index contributed by atoms with van der Waals surface area (Å²) in [5.41, 5.74) is 6.53. The second-order valence-corrected chi connectivity index (χ2v) is 9.72. The van der Waals surface area contributed by atoms with Crippen LogP contribution in [0.4, 0.5) is 0 Å². The van der Waals surface area contributed by atoms with Crippen LogP contribution >= 0.6 is 0 Å². The molecule has 4 fully saturated rings. The summed E-state index contributed by atoms with van der Waals surface area (Å²) in [4.78, 5) is 0. The van der Waals surface area contributed by atoms with Gasteiger partial charge in [0.15, 0.2) is 9.84 Å². The number of sulfone groups is 1. The van der Waals surface area contributed by atoms with E-state index < -0.39 is 9.84 Å². The van der Waals surface area contributed by atoms with Crippen molar-refractivity contribution in [1.82, 2.24) is 0 Å². The van der Waals surface area contributed by atoms with Gasteiger partial charge in [0.25, 0.3) is 0 Å². The van der Waals surface area contributed by atoms with Crippen LogP contribution in [0.25, 0.3) is 0 Å². The van der Waals surface area contributed by atoms with E-state index in [1.54, 1.807) is 0 Å². The van der Waals surface area contributed by atoms with E-state index in [-0.39, 0.29) is 29.6 Å². The number of hydrogen-bond donors (Lipinski definition) is 1. The fourth-order valence-corrected chi connectivity index (χ4v) is 6.86. The molecule has 1 atom stereocenters. The first-order valence-electron chi connectivity index (χ1n) is 7.87. The minimum atomic E-state index is -3.09. The van der Waals surface area contributed by atoms with Gasteiger partial charge in [0.1, 0.15) is 0 Å². The second-order valence-electron chi connectivity index (χ2n) is 7.49. The molecule has 4 aliphatic rings. The van der Waals surface area contributed by atoms with Crippen LogP contribution in [0.1, 0.15) is 38.5 Å². The molecule has 0 heterocycles. The molecule has 4 saturated carbocycles. The van der Waals surface area contributed by atoms with Crippen molar-refractivity contribution < 1.29 is 13.2 Å². The highest BCUT2D eigenvalue weighted by atomic mass is 32.2. The summed E-state index contributed by atoms with van der Waals surface area (Å²) in [6.45, 7) is 0.274. The minimum Gasteiger partial charge on any atom is -0.384 e. The van der Waals surface area contributed by atoms with Gasteiger partial charge in [0.2, 0.25) is 0 Å². The van der Waals surface area contributed by atoms with Crippen molar-refractivity contribution in [2.75, 3.05) is 25.2 Å². The Morgan fingerprint density at radius 3 is 2.10 bits per heavy atom. The first-order chi connectivity index (χ1) is 9.42. The number of rotatable bonds is 6. The lowest BCUT2D eigenvalue weighted by Gasteiger charge is -2.58. The van der Waals surface area contributed by atoms with Crippen LogP contribution in [0.2, 0.25) is 0 Å². The summed E-state index contributed by atoms with van der Waals surface area (Å²) in [7, 11) is -1.55. The Bertz CT molecular complexity index is 424. The van der Waals surface area contributed by atoms with Crippen molar-refractivity contribution in [2.45, 2.75) is 44.6 Å². The average Bonchev–Trinajstić information content (AvgIpc) is 2.34. The highest BCUT2D eigenvalue weighted by molar-refractivity contribution is 7.91. The van der Waals surface area contributed by atoms with Gasteiger partial charge < -0.3 is 10.5 Å². The van der Waals surface area contributed by atoms with E-state index in [0.717, 1.165) is 17.8 Å². The van der Waals surface area contributed by atoms with Gasteiger partial charge in [-0.1, -0.05) is 0 Å². The van der Waals surface area contributed by atoms with Crippen molar-refractivity contribution in [2.24, 2.45) is 28.9 Å². The topological polar surface area (TPSA) is 69.4 Å². The summed E-state index contributed by atoms with van der Waals surface area (Å²) >= 11 is 0. The van der Waals surface area contributed by atoms with E-state index in [2.05, 4.69) is 0 Å². The summed E-state index contributed by atoms with van der Waals surface area (Å²) in [6, 6.07) is -0.183. The Morgan fingerprint density at radius 1 is 1.15 bits per heavy atom. The lowest BCUT2D eigenvalue weighted by atomic mass is 9.48. The van der Waals surface area contributed by atoms with E-state index in [0.29, 0.717) is 0 Å². The maximum Gasteiger partial charge on any atom is 0.154 e. The van der Waals surface area contributed by atoms with Crippen molar-refractivity contribution in [1.29, 1.82) is 0 Å². The minimum absolute atomic E-state index is 0.101. The SMILES string of the molecule is COCCS(=O)(=O)CC(N)C12CC3CC(CC(C3)C1)C2. The van der Waals surface area contributed by atoms with Gasteiger partial charge in [0.05, 0.1) is 18.1 Å². The highest BCUT2D eigenvalue weighted by Crippen LogP contribution is 2.61. The van der Waals surface area contributed by atoms with E-state index in [1.807, 2.05) is 0 Å². The molecule has 116 valence electrons. The van der Waals surface area contributed by atoms with Crippen LogP contribution in [-0.4, -0.2) is 39.7 Å². The molecular weight excluding hydrogens is 274 g/mol. The van der Waals surface area contributed by atoms with Crippen LogP contribution in [0.15, 0.2) is 0 Å². The van der Waals surface area contributed by atoms with Crippen molar-refractivity contribution in [3.05, 3.63) is 0 Å². The summed E-state index contributed by atoms with van der Waals surface area (Å²) in [5, 5.41) is 0. The molecule has 0 aromatic heterocycles. The monoisotopic (exact) mass is 301 g/mol. The number of nitrogens with two attached hydrogens (primary N) is 1. The molecule has 4 aliphatic carbocycles. The predicted octanol–water partition coefficient (Wildman–Crippen LogP) is 1.59. The quantitative estimate of drug-likeness (QED) is 0.809. The van der Waals surface area contributed by atoms with Gasteiger partial charge in [-0.25, -0.2) is 8.42 Å². The Labute approximate surface area is 122 Å². The molecule has 0 aromatic carbocycles. The van der Waals surface area contributed by atoms with Gasteiger partial charge in [0, 0.05) is 13.2 Å². The third kappa shape index (κ3) is 2.77. The van der Waals surface area contributed by atoms with Crippen molar-refractivity contribution in [3.63, 3.8) is 0 Å². The molecule has 4 nitrogen and oxygen atoms in total. The average molecular weight is 301 g/mol. The first kappa shape index (κ1) is 14.8. The Kier molecular flexibility index (Phi) is 3.89. The Morgan fingerprint density at radius 2 is 1.65 bits per heavy atom. The molecule has 0 spiro atoms. The lowest BCUT2D eigenvalue weighted by Crippen LogP contribution is -2.56. The van der Waals surface area contributed by atoms with Gasteiger partial charge in [-0.05, 0) is 61.7 Å². The Balaban J connectivity index is 1.69. The number of ether oxygens (including phenoxy) is 1. The molecule has 0 aliphatic heterocycles. The maximum absolute atomic E-state index is 12.1. The summed E-state index contributed by atoms with van der Waals surface area (Å²) in [5.74, 6) is 2.68. The molecule has 2 N–H and O–H groups in total. The van der Waals surface area contributed by atoms with Crippen LogP contribution < -0.4 is 5.73 Å². The van der Waals surface area contributed by atoms with E-state index >= 15 is 0 Å². The number of hydrogen-bond acceptors (Lipinski definition) is 4. The lowest BCUT2D eigenvalue weighted by molar-refractivity contribution is -0.0632. The van der Waals surface area contributed by atoms with Gasteiger partial charge >= 0.3 is 0 Å². The standard InChI is InChI=1S/C15H27NO3S/c1-19-2-3-20(17,18)10-14(16)15-7-11-4-12(8-15)6-13(5-11)9-15/h11-14H,2-10,16H2,1H3. The van der Waals surface area contributed by atoms with E-state index in [9.17, 15) is 8.42 Å². The highest BCUT2D eigenvalue weighted by Gasteiger charge is 2.53. The van der Waals surface area contributed by atoms with Crippen LogP contribution in [0.5, 0.6) is 0 Å². The maximum atomic E-state index is 12.1. The van der Waals surface area contributed by atoms with Crippen molar-refractivity contribution in [3.8, 4) is 0 Å². The third-order valence-electron chi connectivity index (χ3n) is 5.90. The third-order valence-corrected chi connectivity index (χ3v) is 7.56. The normalized spacial score (nSPS) is 41.0. The smallest absolute Gasteiger partial charge is 0.154 e. The van der Waals surface area contributed by atoms with Crippen LogP contribution in [0, 0.1) is 23.2 Å². The van der Waals surface area contributed by atoms with Gasteiger partial charge in [-0.3, -0.25) is 0 Å². The largest absolute Gasteiger partial charge is 0.384 e. The molecule has 0 radical (unpaired) electrons. The zero-order chi connectivity index (χ0) is 14.4. The predicted molar refractivity (Wildman–Crippen MR) is 79.1 cm³/mol.